The van der Waals surface area contributed by atoms with Gasteiger partial charge in [-0.15, -0.1) is 0 Å². The van der Waals surface area contributed by atoms with E-state index < -0.39 is 12.0 Å². The van der Waals surface area contributed by atoms with Crippen molar-refractivity contribution in [3.05, 3.63) is 127 Å². The van der Waals surface area contributed by atoms with Gasteiger partial charge in [0.1, 0.15) is 12.4 Å². The third-order valence-corrected chi connectivity index (χ3v) is 7.65. The second-order valence-electron chi connectivity index (χ2n) is 9.63. The van der Waals surface area contributed by atoms with E-state index in [1.54, 1.807) is 18.4 Å². The van der Waals surface area contributed by atoms with Crippen molar-refractivity contribution in [2.24, 2.45) is 4.99 Å². The van der Waals surface area contributed by atoms with Gasteiger partial charge in [-0.05, 0) is 60.9 Å². The first-order valence-corrected chi connectivity index (χ1v) is 13.9. The number of benzene rings is 3. The van der Waals surface area contributed by atoms with E-state index in [-0.39, 0.29) is 12.2 Å². The van der Waals surface area contributed by atoms with Crippen molar-refractivity contribution in [3.8, 4) is 5.75 Å². The van der Waals surface area contributed by atoms with E-state index in [0.29, 0.717) is 27.2 Å². The number of hydrogen-bond acceptors (Lipinski definition) is 7. The molecule has 0 saturated carbocycles. The van der Waals surface area contributed by atoms with Crippen molar-refractivity contribution >= 4 is 29.1 Å². The normalized spacial score (nSPS) is 14.9. The lowest BCUT2D eigenvalue weighted by Crippen LogP contribution is -2.39. The van der Waals surface area contributed by atoms with Gasteiger partial charge >= 0.3 is 5.97 Å². The maximum absolute atomic E-state index is 13.8. The van der Waals surface area contributed by atoms with Gasteiger partial charge in [0.15, 0.2) is 4.80 Å². The zero-order chi connectivity index (χ0) is 28.2. The quantitative estimate of drug-likeness (QED) is 0.302. The zero-order valence-electron chi connectivity index (χ0n) is 23.0. The molecule has 1 aliphatic rings. The predicted molar refractivity (Wildman–Crippen MR) is 158 cm³/mol. The molecule has 5 rings (SSSR count). The number of nitrogens with zero attached hydrogens (tertiary/aromatic N) is 3. The molecule has 0 radical (unpaired) electrons. The highest BCUT2D eigenvalue weighted by molar-refractivity contribution is 7.07. The molecule has 2 heterocycles. The van der Waals surface area contributed by atoms with Gasteiger partial charge < -0.3 is 14.4 Å². The van der Waals surface area contributed by atoms with E-state index in [0.717, 1.165) is 28.1 Å². The van der Waals surface area contributed by atoms with E-state index >= 15 is 0 Å². The Morgan fingerprint density at radius 3 is 2.38 bits per heavy atom. The lowest BCUT2D eigenvalue weighted by Gasteiger charge is -2.25. The maximum atomic E-state index is 13.8. The summed E-state index contributed by atoms with van der Waals surface area (Å²) in [6, 6.07) is 24.8. The minimum Gasteiger partial charge on any atom is -0.489 e. The van der Waals surface area contributed by atoms with Gasteiger partial charge in [0.25, 0.3) is 5.56 Å². The van der Waals surface area contributed by atoms with Crippen molar-refractivity contribution in [2.45, 2.75) is 26.5 Å². The molecule has 1 aromatic heterocycles. The van der Waals surface area contributed by atoms with Gasteiger partial charge in [-0.1, -0.05) is 65.9 Å². The lowest BCUT2D eigenvalue weighted by atomic mass is 9.95. The number of rotatable bonds is 8. The fourth-order valence-corrected chi connectivity index (χ4v) is 5.66. The molecule has 0 fully saturated rings. The highest BCUT2D eigenvalue weighted by atomic mass is 32.1. The summed E-state index contributed by atoms with van der Waals surface area (Å²) in [6.45, 7) is 4.27. The lowest BCUT2D eigenvalue weighted by molar-refractivity contribution is -0.139. The average molecular weight is 554 g/mol. The Kier molecular flexibility index (Phi) is 7.98. The number of aromatic nitrogens is 1. The summed E-state index contributed by atoms with van der Waals surface area (Å²) >= 11 is 1.31. The topological polar surface area (TPSA) is 73.1 Å². The summed E-state index contributed by atoms with van der Waals surface area (Å²) in [5.74, 6) is 0.282. The average Bonchev–Trinajstić information content (AvgIpc) is 3.26. The number of carbonyl (C=O) groups excluding carboxylic acids is 1. The summed E-state index contributed by atoms with van der Waals surface area (Å²) in [7, 11) is 3.93. The molecule has 1 aliphatic heterocycles. The minimum atomic E-state index is -0.637. The number of fused-ring (bicyclic) bond motifs is 1. The summed E-state index contributed by atoms with van der Waals surface area (Å²) in [6.07, 6.45) is 1.85. The fraction of sp³-hybridized carbons (Fsp3) is 0.219. The Balaban J connectivity index is 1.51. The standard InChI is InChI=1S/C32H31N3O4S/c1-5-38-31(37)28-21(2)33-32-35(29(28)24-13-15-25(16-14-24)34(3)4)30(36)27(40-32)19-22-11-17-26(18-12-22)39-20-23-9-7-6-8-10-23/h6-19,29H,5,20H2,1-4H3/b27-19-/t29-/m1/s1. The number of carbonyl (C=O) groups is 1. The number of thiazole rings is 1. The number of ether oxygens (including phenoxy) is 2. The minimum absolute atomic E-state index is 0.205. The molecule has 0 spiro atoms. The molecule has 0 unspecified atom stereocenters. The number of esters is 1. The van der Waals surface area contributed by atoms with Crippen LogP contribution in [0.3, 0.4) is 0 Å². The maximum Gasteiger partial charge on any atom is 0.338 e. The van der Waals surface area contributed by atoms with Crippen LogP contribution in [0.5, 0.6) is 5.75 Å². The van der Waals surface area contributed by atoms with Crippen LogP contribution in [0.15, 0.2) is 99.9 Å². The highest BCUT2D eigenvalue weighted by Crippen LogP contribution is 2.31. The molecule has 1 atom stereocenters. The van der Waals surface area contributed by atoms with E-state index in [1.807, 2.05) is 104 Å². The van der Waals surface area contributed by atoms with Gasteiger partial charge in [0.05, 0.1) is 28.5 Å². The molecule has 3 aromatic carbocycles. The van der Waals surface area contributed by atoms with Crippen LogP contribution in [0.4, 0.5) is 5.69 Å². The largest absolute Gasteiger partial charge is 0.489 e. The first-order valence-electron chi connectivity index (χ1n) is 13.1. The number of anilines is 1. The van der Waals surface area contributed by atoms with E-state index in [2.05, 4.69) is 4.99 Å². The SMILES string of the molecule is CCOC(=O)C1=C(C)N=c2s/c(=C\c3ccc(OCc4ccccc4)cc3)c(=O)n2[C@@H]1c1ccc(N(C)C)cc1. The van der Waals surface area contributed by atoms with Crippen LogP contribution in [0.25, 0.3) is 6.08 Å². The number of allylic oxidation sites excluding steroid dienone is 1. The van der Waals surface area contributed by atoms with E-state index in [1.165, 1.54) is 11.3 Å². The summed E-state index contributed by atoms with van der Waals surface area (Å²) in [4.78, 5) is 34.1. The summed E-state index contributed by atoms with van der Waals surface area (Å²) < 4.78 is 13.4. The molecule has 0 aliphatic carbocycles. The van der Waals surface area contributed by atoms with Crippen molar-refractivity contribution in [3.63, 3.8) is 0 Å². The molecular weight excluding hydrogens is 522 g/mol. The first-order chi connectivity index (χ1) is 19.4. The Hall–Kier alpha value is -4.43. The molecule has 0 N–H and O–H groups in total. The van der Waals surface area contributed by atoms with Gasteiger partial charge in [0.2, 0.25) is 0 Å². The Morgan fingerprint density at radius 2 is 1.73 bits per heavy atom. The zero-order valence-corrected chi connectivity index (χ0v) is 23.8. The van der Waals surface area contributed by atoms with Gasteiger partial charge in [-0.3, -0.25) is 9.36 Å². The van der Waals surface area contributed by atoms with Crippen LogP contribution in [-0.4, -0.2) is 31.2 Å². The van der Waals surface area contributed by atoms with E-state index in [4.69, 9.17) is 9.47 Å². The van der Waals surface area contributed by atoms with Crippen molar-refractivity contribution in [2.75, 3.05) is 25.6 Å². The van der Waals surface area contributed by atoms with Crippen molar-refractivity contribution < 1.29 is 14.3 Å². The first kappa shape index (κ1) is 27.1. The van der Waals surface area contributed by atoms with Crippen LogP contribution in [0, 0.1) is 0 Å². The van der Waals surface area contributed by atoms with E-state index in [9.17, 15) is 9.59 Å². The third-order valence-electron chi connectivity index (χ3n) is 6.67. The molecule has 4 aromatic rings. The second-order valence-corrected chi connectivity index (χ2v) is 10.6. The van der Waals surface area contributed by atoms with Crippen LogP contribution < -0.4 is 24.5 Å². The van der Waals surface area contributed by atoms with Gasteiger partial charge in [0, 0.05) is 19.8 Å². The Bertz CT molecular complexity index is 1720. The Morgan fingerprint density at radius 1 is 1.02 bits per heavy atom. The Labute approximate surface area is 237 Å². The van der Waals surface area contributed by atoms with Crippen LogP contribution >= 0.6 is 11.3 Å². The van der Waals surface area contributed by atoms with Crippen LogP contribution in [0.1, 0.15) is 36.6 Å². The third kappa shape index (κ3) is 5.62. The van der Waals surface area contributed by atoms with Gasteiger partial charge in [-0.2, -0.15) is 0 Å². The van der Waals surface area contributed by atoms with Crippen LogP contribution in [0.2, 0.25) is 0 Å². The monoisotopic (exact) mass is 553 g/mol. The molecule has 0 bridgehead atoms. The fourth-order valence-electron chi connectivity index (χ4n) is 4.61. The molecule has 204 valence electrons. The van der Waals surface area contributed by atoms with Gasteiger partial charge in [-0.25, -0.2) is 9.79 Å². The molecule has 0 saturated heterocycles. The van der Waals surface area contributed by atoms with Crippen LogP contribution in [-0.2, 0) is 16.1 Å². The molecule has 8 heteroatoms. The smallest absolute Gasteiger partial charge is 0.338 e. The summed E-state index contributed by atoms with van der Waals surface area (Å²) in [5.41, 5.74) is 4.51. The molecule has 40 heavy (non-hydrogen) atoms. The second kappa shape index (κ2) is 11.8. The molecular formula is C32H31N3O4S. The predicted octanol–water partition coefficient (Wildman–Crippen LogP) is 4.44. The highest BCUT2D eigenvalue weighted by Gasteiger charge is 2.33. The summed E-state index contributed by atoms with van der Waals surface area (Å²) in [5, 5.41) is 0. The molecule has 7 nitrogen and oxygen atoms in total. The van der Waals surface area contributed by atoms with Crippen molar-refractivity contribution in [1.82, 2.24) is 4.57 Å². The number of hydrogen-bond donors (Lipinski definition) is 0. The van der Waals surface area contributed by atoms with Crippen molar-refractivity contribution in [1.29, 1.82) is 0 Å². The molecule has 0 amide bonds.